The molecule has 1 aliphatic rings. The largest absolute Gasteiger partial charge is 0.463 e. The zero-order valence-electron chi connectivity index (χ0n) is 12.0. The Morgan fingerprint density at radius 3 is 2.43 bits per heavy atom. The van der Waals surface area contributed by atoms with Crippen LogP contribution in [0.25, 0.3) is 0 Å². The highest BCUT2D eigenvalue weighted by molar-refractivity contribution is 7.91. The van der Waals surface area contributed by atoms with Crippen molar-refractivity contribution < 1.29 is 23.2 Å². The maximum Gasteiger partial charge on any atom is 0.270 e. The molecular formula is C15H13NO6S. The minimum absolute atomic E-state index is 0.0232. The van der Waals surface area contributed by atoms with E-state index in [0.717, 1.165) is 11.6 Å². The molecule has 0 spiro atoms. The predicted octanol–water partition coefficient (Wildman–Crippen LogP) is 2.13. The Bertz CT molecular complexity index is 875. The van der Waals surface area contributed by atoms with Gasteiger partial charge >= 0.3 is 0 Å². The summed E-state index contributed by atoms with van der Waals surface area (Å²) in [5.74, 6) is 0.129. The van der Waals surface area contributed by atoms with Crippen LogP contribution in [0.2, 0.25) is 0 Å². The lowest BCUT2D eigenvalue weighted by molar-refractivity contribution is -0.384. The summed E-state index contributed by atoms with van der Waals surface area (Å²) in [6, 6.07) is 9.78. The summed E-state index contributed by atoms with van der Waals surface area (Å²) in [5, 5.41) is 19.5. The van der Waals surface area contributed by atoms with Gasteiger partial charge in [-0.2, -0.15) is 0 Å². The van der Waals surface area contributed by atoms with Gasteiger partial charge in [-0.05, 0) is 25.1 Å². The molecule has 0 amide bonds. The van der Waals surface area contributed by atoms with Gasteiger partial charge in [0.05, 0.1) is 9.82 Å². The molecule has 0 unspecified atom stereocenters. The van der Waals surface area contributed by atoms with E-state index >= 15 is 0 Å². The summed E-state index contributed by atoms with van der Waals surface area (Å²) in [6.07, 6.45) is -1.61. The highest BCUT2D eigenvalue weighted by Gasteiger charge is 2.44. The molecule has 1 N–H and O–H groups in total. The lowest BCUT2D eigenvalue weighted by Crippen LogP contribution is -2.25. The van der Waals surface area contributed by atoms with Gasteiger partial charge in [0.1, 0.15) is 5.75 Å². The molecule has 2 aromatic carbocycles. The van der Waals surface area contributed by atoms with E-state index in [1.807, 2.05) is 6.92 Å². The van der Waals surface area contributed by atoms with Crippen LogP contribution in [0.5, 0.6) is 5.75 Å². The Hall–Kier alpha value is -2.45. The monoisotopic (exact) mass is 335 g/mol. The first-order chi connectivity index (χ1) is 10.8. The maximum absolute atomic E-state index is 12.8. The molecule has 0 saturated heterocycles. The maximum atomic E-state index is 12.8. The standard InChI is InChI=1S/C15H13NO6S/c1-9-2-5-11(6-3-9)23(20,21)14-12-8-10(16(18)19)4-7-13(12)22-15(14)17/h2-8,14-15,17H,1H3/t14-,15-/m1/s1. The van der Waals surface area contributed by atoms with E-state index < -0.39 is 26.3 Å². The lowest BCUT2D eigenvalue weighted by Gasteiger charge is -2.15. The number of aliphatic hydroxyl groups excluding tert-OH is 1. The van der Waals surface area contributed by atoms with Gasteiger partial charge in [-0.15, -0.1) is 0 Å². The van der Waals surface area contributed by atoms with Crippen LogP contribution < -0.4 is 4.74 Å². The van der Waals surface area contributed by atoms with Gasteiger partial charge in [-0.1, -0.05) is 17.7 Å². The number of benzene rings is 2. The third-order valence-electron chi connectivity index (χ3n) is 3.70. The van der Waals surface area contributed by atoms with Crippen LogP contribution in [0.1, 0.15) is 16.4 Å². The van der Waals surface area contributed by atoms with E-state index in [1.165, 1.54) is 24.3 Å². The van der Waals surface area contributed by atoms with Crippen molar-refractivity contribution in [2.75, 3.05) is 0 Å². The highest BCUT2D eigenvalue weighted by Crippen LogP contribution is 2.44. The summed E-state index contributed by atoms with van der Waals surface area (Å²) in [6.45, 7) is 1.82. The fourth-order valence-corrected chi connectivity index (χ4v) is 4.21. The first kappa shape index (κ1) is 15.4. The van der Waals surface area contributed by atoms with Gasteiger partial charge in [0.15, 0.2) is 15.1 Å². The van der Waals surface area contributed by atoms with Crippen molar-refractivity contribution >= 4 is 15.5 Å². The van der Waals surface area contributed by atoms with Gasteiger partial charge in [0.2, 0.25) is 6.29 Å². The molecule has 2 aromatic rings. The minimum atomic E-state index is -3.96. The number of aryl methyl sites for hydroxylation is 1. The van der Waals surface area contributed by atoms with Gasteiger partial charge in [0.25, 0.3) is 5.69 Å². The fourth-order valence-electron chi connectivity index (χ4n) is 2.52. The van der Waals surface area contributed by atoms with Crippen LogP contribution in [0, 0.1) is 17.0 Å². The zero-order chi connectivity index (χ0) is 16.8. The normalized spacial score (nSPS) is 19.9. The van der Waals surface area contributed by atoms with Crippen molar-refractivity contribution in [2.45, 2.75) is 23.4 Å². The number of non-ortho nitro benzene ring substituents is 1. The molecule has 0 aromatic heterocycles. The number of nitrogens with zero attached hydrogens (tertiary/aromatic N) is 1. The van der Waals surface area contributed by atoms with Gasteiger partial charge < -0.3 is 9.84 Å². The van der Waals surface area contributed by atoms with Crippen molar-refractivity contribution in [3.8, 4) is 5.75 Å². The second kappa shape index (κ2) is 5.32. The van der Waals surface area contributed by atoms with Gasteiger partial charge in [-0.3, -0.25) is 10.1 Å². The van der Waals surface area contributed by atoms with Gasteiger partial charge in [0, 0.05) is 17.7 Å². The Balaban J connectivity index is 2.12. The quantitative estimate of drug-likeness (QED) is 0.680. The molecule has 0 aliphatic carbocycles. The third kappa shape index (κ3) is 2.55. The Morgan fingerprint density at radius 2 is 1.83 bits per heavy atom. The minimum Gasteiger partial charge on any atom is -0.463 e. The molecule has 0 bridgehead atoms. The summed E-state index contributed by atoms with van der Waals surface area (Å²) in [7, 11) is -3.96. The van der Waals surface area contributed by atoms with Crippen LogP contribution >= 0.6 is 0 Å². The number of sulfone groups is 1. The molecule has 23 heavy (non-hydrogen) atoms. The number of hydrogen-bond acceptors (Lipinski definition) is 6. The van der Waals surface area contributed by atoms with E-state index in [9.17, 15) is 23.6 Å². The Labute approximate surface area is 132 Å². The molecule has 8 heteroatoms. The van der Waals surface area contributed by atoms with E-state index in [1.54, 1.807) is 12.1 Å². The van der Waals surface area contributed by atoms with E-state index in [4.69, 9.17) is 4.74 Å². The summed E-state index contributed by atoms with van der Waals surface area (Å²) in [5.41, 5.74) is 0.723. The second-order valence-electron chi connectivity index (χ2n) is 5.27. The lowest BCUT2D eigenvalue weighted by atomic mass is 10.1. The van der Waals surface area contributed by atoms with Crippen LogP contribution in [0.3, 0.4) is 0 Å². The van der Waals surface area contributed by atoms with Gasteiger partial charge in [-0.25, -0.2) is 8.42 Å². The smallest absolute Gasteiger partial charge is 0.270 e. The van der Waals surface area contributed by atoms with Crippen molar-refractivity contribution in [3.63, 3.8) is 0 Å². The van der Waals surface area contributed by atoms with Crippen LogP contribution in [0.15, 0.2) is 47.4 Å². The second-order valence-corrected chi connectivity index (χ2v) is 7.34. The molecule has 0 radical (unpaired) electrons. The molecule has 7 nitrogen and oxygen atoms in total. The molecule has 1 heterocycles. The number of aliphatic hydroxyl groups is 1. The number of nitro benzene ring substituents is 1. The molecule has 1 aliphatic heterocycles. The molecule has 3 rings (SSSR count). The third-order valence-corrected chi connectivity index (χ3v) is 5.79. The average molecular weight is 335 g/mol. The van der Waals surface area contributed by atoms with E-state index in [2.05, 4.69) is 0 Å². The van der Waals surface area contributed by atoms with Crippen molar-refractivity contribution in [3.05, 3.63) is 63.7 Å². The average Bonchev–Trinajstić information content (AvgIpc) is 2.83. The number of nitro groups is 1. The fraction of sp³-hybridized carbons (Fsp3) is 0.200. The Morgan fingerprint density at radius 1 is 1.17 bits per heavy atom. The summed E-state index contributed by atoms with van der Waals surface area (Å²) < 4.78 is 30.7. The van der Waals surface area contributed by atoms with Crippen molar-refractivity contribution in [2.24, 2.45) is 0 Å². The summed E-state index contributed by atoms with van der Waals surface area (Å²) >= 11 is 0. The summed E-state index contributed by atoms with van der Waals surface area (Å²) in [4.78, 5) is 10.3. The first-order valence-electron chi connectivity index (χ1n) is 6.74. The number of fused-ring (bicyclic) bond motifs is 1. The zero-order valence-corrected chi connectivity index (χ0v) is 12.9. The van der Waals surface area contributed by atoms with E-state index in [-0.39, 0.29) is 21.9 Å². The van der Waals surface area contributed by atoms with Crippen LogP contribution in [0.4, 0.5) is 5.69 Å². The number of hydrogen-bond donors (Lipinski definition) is 1. The molecule has 0 saturated carbocycles. The molecule has 2 atom stereocenters. The SMILES string of the molecule is Cc1ccc(S(=O)(=O)[C@@H]2c3cc([N+](=O)[O-])ccc3O[C@H]2O)cc1. The van der Waals surface area contributed by atoms with E-state index in [0.29, 0.717) is 0 Å². The number of rotatable bonds is 3. The predicted molar refractivity (Wildman–Crippen MR) is 80.8 cm³/mol. The Kier molecular flexibility index (Phi) is 3.57. The van der Waals surface area contributed by atoms with Crippen LogP contribution in [-0.4, -0.2) is 24.7 Å². The first-order valence-corrected chi connectivity index (χ1v) is 8.29. The highest BCUT2D eigenvalue weighted by atomic mass is 32.2. The molecule has 120 valence electrons. The topological polar surface area (TPSA) is 107 Å². The molecule has 0 fully saturated rings. The van der Waals surface area contributed by atoms with Crippen molar-refractivity contribution in [1.82, 2.24) is 0 Å². The molecular weight excluding hydrogens is 322 g/mol. The van der Waals surface area contributed by atoms with Crippen LogP contribution in [-0.2, 0) is 9.84 Å². The van der Waals surface area contributed by atoms with Crippen molar-refractivity contribution in [1.29, 1.82) is 0 Å². The number of ether oxygens (including phenoxy) is 1.